The Kier molecular flexibility index (Phi) is 5.78. The molecule has 0 aromatic heterocycles. The highest BCUT2D eigenvalue weighted by Gasteiger charge is 2.19. The summed E-state index contributed by atoms with van der Waals surface area (Å²) in [5.74, 6) is 1.02. The van der Waals surface area contributed by atoms with E-state index >= 15 is 0 Å². The number of rotatable bonds is 7. The van der Waals surface area contributed by atoms with Crippen molar-refractivity contribution < 1.29 is 23.9 Å². The number of nitro groups is 1. The summed E-state index contributed by atoms with van der Waals surface area (Å²) in [6.07, 6.45) is -0.822. The standard InChI is InChI=1S/C17H18N2O6/c1-11(25-14-7-5-13(23-2)6-8-14)17(20)18-15-10-12(19(21)22)4-9-16(15)24-3/h4-11H,1-3H3,(H,18,20)/t11-/m1/s1. The lowest BCUT2D eigenvalue weighted by atomic mass is 10.2. The Morgan fingerprint density at radius 3 is 2.28 bits per heavy atom. The molecule has 2 aromatic carbocycles. The smallest absolute Gasteiger partial charge is 0.271 e. The molecule has 132 valence electrons. The second-order valence-corrected chi connectivity index (χ2v) is 5.07. The average molecular weight is 346 g/mol. The molecule has 0 saturated heterocycles. The number of carbonyl (C=O) groups is 1. The van der Waals surface area contributed by atoms with E-state index in [-0.39, 0.29) is 11.4 Å². The molecular formula is C17H18N2O6. The summed E-state index contributed by atoms with van der Waals surface area (Å²) in [4.78, 5) is 22.6. The number of anilines is 1. The minimum Gasteiger partial charge on any atom is -0.497 e. The first-order chi connectivity index (χ1) is 11.9. The third-order valence-electron chi connectivity index (χ3n) is 3.39. The first-order valence-electron chi connectivity index (χ1n) is 7.38. The fraction of sp³-hybridized carbons (Fsp3) is 0.235. The number of amides is 1. The molecule has 0 heterocycles. The molecule has 0 bridgehead atoms. The van der Waals surface area contributed by atoms with Crippen LogP contribution in [-0.4, -0.2) is 31.2 Å². The molecule has 1 amide bonds. The molecule has 0 radical (unpaired) electrons. The van der Waals surface area contributed by atoms with Gasteiger partial charge in [-0.3, -0.25) is 14.9 Å². The van der Waals surface area contributed by atoms with E-state index in [1.165, 1.54) is 25.3 Å². The van der Waals surface area contributed by atoms with Gasteiger partial charge in [-0.05, 0) is 37.3 Å². The van der Waals surface area contributed by atoms with Gasteiger partial charge in [0.05, 0.1) is 24.8 Å². The Labute approximate surface area is 144 Å². The van der Waals surface area contributed by atoms with Crippen molar-refractivity contribution in [3.63, 3.8) is 0 Å². The van der Waals surface area contributed by atoms with E-state index in [1.807, 2.05) is 0 Å². The molecule has 2 aromatic rings. The molecule has 8 heteroatoms. The second-order valence-electron chi connectivity index (χ2n) is 5.07. The van der Waals surface area contributed by atoms with Crippen molar-refractivity contribution in [3.8, 4) is 17.2 Å². The first kappa shape index (κ1) is 18.1. The molecule has 2 rings (SSSR count). The van der Waals surface area contributed by atoms with Gasteiger partial charge in [0.15, 0.2) is 6.10 Å². The van der Waals surface area contributed by atoms with Crippen molar-refractivity contribution in [2.24, 2.45) is 0 Å². The summed E-state index contributed by atoms with van der Waals surface area (Å²) in [6.45, 7) is 1.57. The van der Waals surface area contributed by atoms with Crippen LogP contribution in [0, 0.1) is 10.1 Å². The van der Waals surface area contributed by atoms with E-state index in [0.29, 0.717) is 17.2 Å². The number of hydrogen-bond donors (Lipinski definition) is 1. The molecular weight excluding hydrogens is 328 g/mol. The van der Waals surface area contributed by atoms with Crippen molar-refractivity contribution in [2.45, 2.75) is 13.0 Å². The highest BCUT2D eigenvalue weighted by atomic mass is 16.6. The number of methoxy groups -OCH3 is 2. The predicted molar refractivity (Wildman–Crippen MR) is 91.4 cm³/mol. The van der Waals surface area contributed by atoms with Gasteiger partial charge in [0.2, 0.25) is 0 Å². The van der Waals surface area contributed by atoms with Crippen LogP contribution in [0.15, 0.2) is 42.5 Å². The van der Waals surface area contributed by atoms with Gasteiger partial charge in [-0.1, -0.05) is 0 Å². The van der Waals surface area contributed by atoms with Crippen LogP contribution in [0.4, 0.5) is 11.4 Å². The van der Waals surface area contributed by atoms with Crippen LogP contribution < -0.4 is 19.5 Å². The van der Waals surface area contributed by atoms with E-state index in [0.717, 1.165) is 0 Å². The van der Waals surface area contributed by atoms with Crippen molar-refractivity contribution in [1.82, 2.24) is 0 Å². The quantitative estimate of drug-likeness (QED) is 0.611. The molecule has 8 nitrogen and oxygen atoms in total. The molecule has 1 N–H and O–H groups in total. The number of ether oxygens (including phenoxy) is 3. The molecule has 1 atom stereocenters. The number of carbonyl (C=O) groups excluding carboxylic acids is 1. The van der Waals surface area contributed by atoms with Crippen molar-refractivity contribution in [2.75, 3.05) is 19.5 Å². The van der Waals surface area contributed by atoms with Gasteiger partial charge >= 0.3 is 0 Å². The van der Waals surface area contributed by atoms with E-state index in [9.17, 15) is 14.9 Å². The summed E-state index contributed by atoms with van der Waals surface area (Å²) in [7, 11) is 2.96. The lowest BCUT2D eigenvalue weighted by molar-refractivity contribution is -0.384. The first-order valence-corrected chi connectivity index (χ1v) is 7.38. The van der Waals surface area contributed by atoms with Gasteiger partial charge in [-0.2, -0.15) is 0 Å². The van der Waals surface area contributed by atoms with Crippen LogP contribution in [0.3, 0.4) is 0 Å². The highest BCUT2D eigenvalue weighted by Crippen LogP contribution is 2.29. The largest absolute Gasteiger partial charge is 0.497 e. The van der Waals surface area contributed by atoms with Crippen LogP contribution >= 0.6 is 0 Å². The van der Waals surface area contributed by atoms with Crippen molar-refractivity contribution in [3.05, 3.63) is 52.6 Å². The normalized spacial score (nSPS) is 11.3. The summed E-state index contributed by atoms with van der Waals surface area (Å²) < 4.78 is 15.7. The molecule has 25 heavy (non-hydrogen) atoms. The Hall–Kier alpha value is -3.29. The van der Waals surface area contributed by atoms with Gasteiger partial charge < -0.3 is 19.5 Å². The molecule has 0 unspecified atom stereocenters. The van der Waals surface area contributed by atoms with Gasteiger partial charge in [-0.15, -0.1) is 0 Å². The summed E-state index contributed by atoms with van der Waals surface area (Å²) in [5.41, 5.74) is 0.0479. The Morgan fingerprint density at radius 2 is 1.72 bits per heavy atom. The molecule has 0 aliphatic rings. The van der Waals surface area contributed by atoms with E-state index in [1.54, 1.807) is 38.3 Å². The van der Waals surface area contributed by atoms with Crippen LogP contribution in [0.2, 0.25) is 0 Å². The Morgan fingerprint density at radius 1 is 1.08 bits per heavy atom. The molecule has 0 fully saturated rings. The number of nitrogens with zero attached hydrogens (tertiary/aromatic N) is 1. The SMILES string of the molecule is COc1ccc(O[C@H](C)C(=O)Nc2cc([N+](=O)[O-])ccc2OC)cc1. The maximum absolute atomic E-state index is 12.3. The fourth-order valence-corrected chi connectivity index (χ4v) is 2.05. The minimum absolute atomic E-state index is 0.153. The van der Waals surface area contributed by atoms with E-state index in [4.69, 9.17) is 14.2 Å². The lowest BCUT2D eigenvalue weighted by Gasteiger charge is -2.16. The van der Waals surface area contributed by atoms with Crippen LogP contribution in [0.5, 0.6) is 17.2 Å². The highest BCUT2D eigenvalue weighted by molar-refractivity contribution is 5.95. The van der Waals surface area contributed by atoms with Crippen molar-refractivity contribution in [1.29, 1.82) is 0 Å². The van der Waals surface area contributed by atoms with Gasteiger partial charge in [0.1, 0.15) is 17.2 Å². The Balaban J connectivity index is 2.09. The van der Waals surface area contributed by atoms with Crippen LogP contribution in [0.1, 0.15) is 6.92 Å². The number of hydrogen-bond acceptors (Lipinski definition) is 6. The van der Waals surface area contributed by atoms with Crippen LogP contribution in [0.25, 0.3) is 0 Å². The van der Waals surface area contributed by atoms with Gasteiger partial charge in [0.25, 0.3) is 11.6 Å². The second kappa shape index (κ2) is 8.00. The summed E-state index contributed by atoms with van der Waals surface area (Å²) in [6, 6.07) is 10.7. The number of non-ortho nitro benzene ring substituents is 1. The average Bonchev–Trinajstić information content (AvgIpc) is 2.62. The summed E-state index contributed by atoms with van der Waals surface area (Å²) >= 11 is 0. The third kappa shape index (κ3) is 4.60. The zero-order chi connectivity index (χ0) is 18.4. The maximum Gasteiger partial charge on any atom is 0.271 e. The Bertz CT molecular complexity index is 760. The number of nitrogens with one attached hydrogen (secondary N) is 1. The topological polar surface area (TPSA) is 99.9 Å². The van der Waals surface area contributed by atoms with Crippen LogP contribution in [-0.2, 0) is 4.79 Å². The lowest BCUT2D eigenvalue weighted by Crippen LogP contribution is -2.30. The monoisotopic (exact) mass is 346 g/mol. The molecule has 0 aliphatic heterocycles. The maximum atomic E-state index is 12.3. The zero-order valence-corrected chi connectivity index (χ0v) is 14.0. The van der Waals surface area contributed by atoms with E-state index < -0.39 is 16.9 Å². The zero-order valence-electron chi connectivity index (χ0n) is 14.0. The third-order valence-corrected chi connectivity index (χ3v) is 3.39. The minimum atomic E-state index is -0.822. The van der Waals surface area contributed by atoms with Gasteiger partial charge in [-0.25, -0.2) is 0 Å². The predicted octanol–water partition coefficient (Wildman–Crippen LogP) is 3.02. The molecule has 0 saturated carbocycles. The number of benzene rings is 2. The van der Waals surface area contributed by atoms with E-state index in [2.05, 4.69) is 5.32 Å². The molecule has 0 spiro atoms. The fourth-order valence-electron chi connectivity index (χ4n) is 2.05. The van der Waals surface area contributed by atoms with Crippen molar-refractivity contribution >= 4 is 17.3 Å². The summed E-state index contributed by atoms with van der Waals surface area (Å²) in [5, 5.41) is 13.5. The van der Waals surface area contributed by atoms with Gasteiger partial charge in [0, 0.05) is 12.1 Å². The number of nitro benzene ring substituents is 1. The molecule has 0 aliphatic carbocycles.